The summed E-state index contributed by atoms with van der Waals surface area (Å²) in [6, 6.07) is 1.93. The topological polar surface area (TPSA) is 122 Å². The van der Waals surface area contributed by atoms with Gasteiger partial charge in [-0.25, -0.2) is 9.97 Å². The first-order valence-electron chi connectivity index (χ1n) is 9.11. The minimum atomic E-state index is -4.70. The van der Waals surface area contributed by atoms with Crippen LogP contribution in [-0.2, 0) is 0 Å². The Balaban J connectivity index is 3.40. The summed E-state index contributed by atoms with van der Waals surface area (Å²) in [4.78, 5) is 8.12. The van der Waals surface area contributed by atoms with Crippen LogP contribution in [0.3, 0.4) is 0 Å². The van der Waals surface area contributed by atoms with Gasteiger partial charge in [0.05, 0.1) is 11.3 Å². The Morgan fingerprint density at radius 1 is 1.28 bits per heavy atom. The molecule has 0 saturated heterocycles. The molecule has 5 N–H and O–H groups in total. The number of nitrogen functional groups attached to an aromatic ring is 1. The van der Waals surface area contributed by atoms with E-state index in [1.807, 2.05) is 19.9 Å². The number of allylic oxidation sites excluding steroid dienone is 3. The van der Waals surface area contributed by atoms with E-state index in [1.54, 1.807) is 0 Å². The van der Waals surface area contributed by atoms with Crippen LogP contribution in [0.2, 0.25) is 0 Å². The van der Waals surface area contributed by atoms with Gasteiger partial charge in [0.15, 0.2) is 5.82 Å². The van der Waals surface area contributed by atoms with Crippen LogP contribution in [0.25, 0.3) is 5.57 Å². The SMILES string of the molecule is C=C(O)/C(=C\C(=C)C(F)(F)F)c1nc(N)c(C#N)c(C(C)CCC(N)CCC)n1. The summed E-state index contributed by atoms with van der Waals surface area (Å²) >= 11 is 0. The Bertz CT molecular complexity index is 840. The number of hydrogen-bond acceptors (Lipinski definition) is 6. The van der Waals surface area contributed by atoms with Gasteiger partial charge in [0, 0.05) is 17.5 Å². The smallest absolute Gasteiger partial charge is 0.415 e. The molecule has 29 heavy (non-hydrogen) atoms. The van der Waals surface area contributed by atoms with Gasteiger partial charge in [0.1, 0.15) is 23.2 Å². The van der Waals surface area contributed by atoms with Gasteiger partial charge in [-0.05, 0) is 25.3 Å². The summed E-state index contributed by atoms with van der Waals surface area (Å²) in [6.07, 6.45) is -1.04. The van der Waals surface area contributed by atoms with Crippen LogP contribution in [0.4, 0.5) is 19.0 Å². The van der Waals surface area contributed by atoms with Gasteiger partial charge in [-0.15, -0.1) is 0 Å². The predicted molar refractivity (Wildman–Crippen MR) is 107 cm³/mol. The molecule has 0 radical (unpaired) electrons. The Labute approximate surface area is 168 Å². The highest BCUT2D eigenvalue weighted by Crippen LogP contribution is 2.31. The molecule has 2 unspecified atom stereocenters. The first kappa shape index (κ1) is 24.2. The lowest BCUT2D eigenvalue weighted by atomic mass is 9.94. The summed E-state index contributed by atoms with van der Waals surface area (Å²) in [5, 5.41) is 19.2. The van der Waals surface area contributed by atoms with Crippen molar-refractivity contribution in [2.45, 2.75) is 57.7 Å². The van der Waals surface area contributed by atoms with Gasteiger partial charge >= 0.3 is 6.18 Å². The standard InChI is InChI=1S/C20H26F3N5O/c1-5-6-14(25)8-7-11(2)17-16(10-24)18(26)28-19(27-17)15(13(4)29)9-12(3)20(21,22)23/h9,11,14,29H,3-8,25H2,1-2H3,(H2,26,27,28)/b15-9+. The molecular weight excluding hydrogens is 383 g/mol. The number of anilines is 1. The van der Waals surface area contributed by atoms with Crippen molar-refractivity contribution in [3.8, 4) is 6.07 Å². The fraction of sp³-hybridized carbons (Fsp3) is 0.450. The van der Waals surface area contributed by atoms with E-state index < -0.39 is 17.5 Å². The first-order chi connectivity index (χ1) is 13.4. The average molecular weight is 409 g/mol. The number of nitrogens with zero attached hydrogens (tertiary/aromatic N) is 3. The molecule has 158 valence electrons. The van der Waals surface area contributed by atoms with Crippen LogP contribution in [0.5, 0.6) is 0 Å². The molecule has 2 atom stereocenters. The van der Waals surface area contributed by atoms with Crippen LogP contribution in [0.15, 0.2) is 30.6 Å². The molecule has 0 aromatic carbocycles. The molecule has 0 amide bonds. The number of halogens is 3. The van der Waals surface area contributed by atoms with Crippen molar-refractivity contribution in [1.82, 2.24) is 9.97 Å². The van der Waals surface area contributed by atoms with Crippen molar-refractivity contribution in [1.29, 1.82) is 5.26 Å². The number of nitriles is 1. The average Bonchev–Trinajstić information content (AvgIpc) is 2.62. The van der Waals surface area contributed by atoms with Crippen LogP contribution in [0.1, 0.15) is 62.5 Å². The summed E-state index contributed by atoms with van der Waals surface area (Å²) in [6.45, 7) is 10.1. The lowest BCUT2D eigenvalue weighted by Gasteiger charge is -2.18. The second kappa shape index (κ2) is 10.1. The molecular formula is C20H26F3N5O. The molecule has 1 aromatic heterocycles. The third-order valence-corrected chi connectivity index (χ3v) is 4.41. The highest BCUT2D eigenvalue weighted by atomic mass is 19.4. The minimum Gasteiger partial charge on any atom is -0.508 e. The van der Waals surface area contributed by atoms with Gasteiger partial charge in [-0.3, -0.25) is 0 Å². The first-order valence-corrected chi connectivity index (χ1v) is 9.11. The molecule has 1 rings (SSSR count). The van der Waals surface area contributed by atoms with Crippen molar-refractivity contribution in [2.75, 3.05) is 5.73 Å². The van der Waals surface area contributed by atoms with Crippen LogP contribution in [0, 0.1) is 11.3 Å². The fourth-order valence-corrected chi connectivity index (χ4v) is 2.74. The Morgan fingerprint density at radius 3 is 2.38 bits per heavy atom. The second-order valence-corrected chi connectivity index (χ2v) is 6.86. The monoisotopic (exact) mass is 409 g/mol. The molecule has 9 heteroatoms. The van der Waals surface area contributed by atoms with E-state index in [2.05, 4.69) is 23.1 Å². The van der Waals surface area contributed by atoms with Crippen LogP contribution in [-0.4, -0.2) is 27.3 Å². The lowest BCUT2D eigenvalue weighted by Crippen LogP contribution is -2.20. The van der Waals surface area contributed by atoms with Gasteiger partial charge in [0.2, 0.25) is 0 Å². The molecule has 0 aliphatic carbocycles. The highest BCUT2D eigenvalue weighted by molar-refractivity contribution is 5.75. The van der Waals surface area contributed by atoms with Gasteiger partial charge in [-0.1, -0.05) is 33.4 Å². The number of rotatable bonds is 9. The van der Waals surface area contributed by atoms with Gasteiger partial charge in [0.25, 0.3) is 0 Å². The zero-order valence-corrected chi connectivity index (χ0v) is 16.6. The van der Waals surface area contributed by atoms with Crippen LogP contribution < -0.4 is 11.5 Å². The third kappa shape index (κ3) is 6.61. The number of aliphatic hydroxyl groups excluding tert-OH is 1. The van der Waals surface area contributed by atoms with E-state index in [-0.39, 0.29) is 40.4 Å². The number of aromatic nitrogens is 2. The van der Waals surface area contributed by atoms with Gasteiger partial charge < -0.3 is 16.6 Å². The maximum absolute atomic E-state index is 12.9. The number of aliphatic hydroxyl groups is 1. The van der Waals surface area contributed by atoms with E-state index >= 15 is 0 Å². The molecule has 0 aliphatic heterocycles. The summed E-state index contributed by atoms with van der Waals surface area (Å²) in [5.41, 5.74) is 10.6. The number of nitrogens with two attached hydrogens (primary N) is 2. The van der Waals surface area contributed by atoms with E-state index in [0.29, 0.717) is 18.9 Å². The van der Waals surface area contributed by atoms with Crippen molar-refractivity contribution >= 4 is 11.4 Å². The Morgan fingerprint density at radius 2 is 1.90 bits per heavy atom. The molecule has 0 fully saturated rings. The lowest BCUT2D eigenvalue weighted by molar-refractivity contribution is -0.0877. The van der Waals surface area contributed by atoms with E-state index in [9.17, 15) is 23.5 Å². The third-order valence-electron chi connectivity index (χ3n) is 4.41. The summed E-state index contributed by atoms with van der Waals surface area (Å²) < 4.78 is 38.6. The minimum absolute atomic E-state index is 0.00516. The fourth-order valence-electron chi connectivity index (χ4n) is 2.74. The Kier molecular flexibility index (Phi) is 8.40. The van der Waals surface area contributed by atoms with E-state index in [1.165, 1.54) is 0 Å². The van der Waals surface area contributed by atoms with E-state index in [4.69, 9.17) is 11.5 Å². The van der Waals surface area contributed by atoms with Gasteiger partial charge in [-0.2, -0.15) is 18.4 Å². The largest absolute Gasteiger partial charge is 0.508 e. The highest BCUT2D eigenvalue weighted by Gasteiger charge is 2.31. The molecule has 0 aliphatic rings. The molecule has 6 nitrogen and oxygen atoms in total. The molecule has 1 heterocycles. The van der Waals surface area contributed by atoms with Crippen molar-refractivity contribution in [3.63, 3.8) is 0 Å². The zero-order valence-electron chi connectivity index (χ0n) is 16.6. The quantitative estimate of drug-likeness (QED) is 0.407. The maximum atomic E-state index is 12.9. The second-order valence-electron chi connectivity index (χ2n) is 6.86. The van der Waals surface area contributed by atoms with E-state index in [0.717, 1.165) is 12.8 Å². The van der Waals surface area contributed by atoms with Crippen molar-refractivity contribution in [2.24, 2.45) is 5.73 Å². The molecule has 0 bridgehead atoms. The molecule has 0 spiro atoms. The predicted octanol–water partition coefficient (Wildman–Crippen LogP) is 4.52. The number of alkyl halides is 3. The molecule has 1 aromatic rings. The summed E-state index contributed by atoms with van der Waals surface area (Å²) in [7, 11) is 0. The number of hydrogen-bond donors (Lipinski definition) is 3. The maximum Gasteiger partial charge on any atom is 0.415 e. The van der Waals surface area contributed by atoms with Crippen molar-refractivity contribution < 1.29 is 18.3 Å². The Hall–Kier alpha value is -2.86. The van der Waals surface area contributed by atoms with Crippen molar-refractivity contribution in [3.05, 3.63) is 47.6 Å². The summed E-state index contributed by atoms with van der Waals surface area (Å²) in [5.74, 6) is -1.39. The van der Waals surface area contributed by atoms with Crippen LogP contribution >= 0.6 is 0 Å². The zero-order chi connectivity index (χ0) is 22.4. The molecule has 0 saturated carbocycles. The normalized spacial score (nSPS) is 14.2.